The largest absolute Gasteiger partial charge is 0.311 e. The van der Waals surface area contributed by atoms with Crippen LogP contribution in [0, 0.1) is 17.5 Å². The van der Waals surface area contributed by atoms with E-state index in [-0.39, 0.29) is 25.2 Å². The molecule has 0 bridgehead atoms. The van der Waals surface area contributed by atoms with Gasteiger partial charge in [0.1, 0.15) is 0 Å². The molecule has 1 aromatic rings. The van der Waals surface area contributed by atoms with Crippen molar-refractivity contribution in [3.63, 3.8) is 0 Å². The van der Waals surface area contributed by atoms with E-state index >= 15 is 0 Å². The minimum atomic E-state index is -3.25. The quantitative estimate of drug-likeness (QED) is 0.598. The Morgan fingerprint density at radius 3 is 2.17 bits per heavy atom. The molecule has 0 radical (unpaired) electrons. The van der Waals surface area contributed by atoms with Gasteiger partial charge in [-0.05, 0) is 17.7 Å². The number of benzene rings is 1. The molecule has 0 saturated heterocycles. The van der Waals surface area contributed by atoms with Crippen LogP contribution in [0.4, 0.5) is 13.2 Å². The van der Waals surface area contributed by atoms with Crippen LogP contribution in [0.1, 0.15) is 5.56 Å². The molecule has 1 aromatic carbocycles. The molecule has 0 saturated carbocycles. The summed E-state index contributed by atoms with van der Waals surface area (Å²) < 4.78 is 62.0. The lowest BCUT2D eigenvalue weighted by molar-refractivity contribution is 0.444. The van der Waals surface area contributed by atoms with Gasteiger partial charge >= 0.3 is 0 Å². The Kier molecular flexibility index (Phi) is 5.12. The minimum absolute atomic E-state index is 0.111. The van der Waals surface area contributed by atoms with Crippen LogP contribution in [-0.2, 0) is 16.6 Å². The van der Waals surface area contributed by atoms with E-state index in [0.717, 1.165) is 18.4 Å². The highest BCUT2D eigenvalue weighted by Crippen LogP contribution is 2.13. The van der Waals surface area contributed by atoms with Gasteiger partial charge in [0.2, 0.25) is 10.0 Å². The number of sulfonamides is 1. The maximum atomic E-state index is 12.8. The molecule has 0 aromatic heterocycles. The van der Waals surface area contributed by atoms with Crippen molar-refractivity contribution in [1.29, 1.82) is 0 Å². The van der Waals surface area contributed by atoms with E-state index in [2.05, 4.69) is 10.0 Å². The highest BCUT2D eigenvalue weighted by molar-refractivity contribution is 7.88. The van der Waals surface area contributed by atoms with Gasteiger partial charge in [0.05, 0.1) is 6.26 Å². The van der Waals surface area contributed by atoms with E-state index in [1.807, 2.05) is 0 Å². The first kappa shape index (κ1) is 14.9. The average Bonchev–Trinajstić information content (AvgIpc) is 2.23. The smallest absolute Gasteiger partial charge is 0.208 e. The molecule has 18 heavy (non-hydrogen) atoms. The summed E-state index contributed by atoms with van der Waals surface area (Å²) >= 11 is 0. The first-order valence-corrected chi connectivity index (χ1v) is 6.97. The van der Waals surface area contributed by atoms with Crippen molar-refractivity contribution in [3.05, 3.63) is 35.1 Å². The van der Waals surface area contributed by atoms with E-state index in [0.29, 0.717) is 0 Å². The fourth-order valence-corrected chi connectivity index (χ4v) is 1.74. The molecule has 2 N–H and O–H groups in total. The summed E-state index contributed by atoms with van der Waals surface area (Å²) in [5.41, 5.74) is 0.241. The number of nitrogens with one attached hydrogen (secondary N) is 2. The monoisotopic (exact) mass is 282 g/mol. The van der Waals surface area contributed by atoms with Gasteiger partial charge in [-0.15, -0.1) is 0 Å². The standard InChI is InChI=1S/C10H13F3N2O2S/c1-18(16,17)15-3-2-14-6-7-4-8(11)10(13)9(12)5-7/h4-5,14-15H,2-3,6H2,1H3. The first-order valence-electron chi connectivity index (χ1n) is 5.08. The predicted octanol–water partition coefficient (Wildman–Crippen LogP) is 0.743. The molecule has 8 heteroatoms. The molecular weight excluding hydrogens is 269 g/mol. The van der Waals surface area contributed by atoms with Crippen molar-refractivity contribution >= 4 is 10.0 Å². The van der Waals surface area contributed by atoms with Crippen LogP contribution in [0.5, 0.6) is 0 Å². The average molecular weight is 282 g/mol. The van der Waals surface area contributed by atoms with Crippen molar-refractivity contribution in [2.24, 2.45) is 0 Å². The van der Waals surface area contributed by atoms with Gasteiger partial charge in [-0.25, -0.2) is 26.3 Å². The Hall–Kier alpha value is -1.12. The van der Waals surface area contributed by atoms with Crippen LogP contribution in [-0.4, -0.2) is 27.8 Å². The Morgan fingerprint density at radius 1 is 1.11 bits per heavy atom. The number of hydrogen-bond donors (Lipinski definition) is 2. The zero-order valence-corrected chi connectivity index (χ0v) is 10.5. The maximum Gasteiger partial charge on any atom is 0.208 e. The Bertz CT molecular complexity index is 497. The lowest BCUT2D eigenvalue weighted by atomic mass is 10.2. The minimum Gasteiger partial charge on any atom is -0.311 e. The Labute approximate surface area is 103 Å². The number of halogens is 3. The first-order chi connectivity index (χ1) is 8.29. The third-order valence-electron chi connectivity index (χ3n) is 2.04. The van der Waals surface area contributed by atoms with Gasteiger partial charge in [0.15, 0.2) is 17.5 Å². The Morgan fingerprint density at radius 2 is 1.67 bits per heavy atom. The summed E-state index contributed by atoms with van der Waals surface area (Å²) in [6, 6.07) is 1.77. The van der Waals surface area contributed by atoms with Crippen LogP contribution in [0.3, 0.4) is 0 Å². The maximum absolute atomic E-state index is 12.8. The lowest BCUT2D eigenvalue weighted by Gasteiger charge is -2.06. The second kappa shape index (κ2) is 6.17. The van der Waals surface area contributed by atoms with Crippen LogP contribution in [0.15, 0.2) is 12.1 Å². The van der Waals surface area contributed by atoms with Gasteiger partial charge in [-0.2, -0.15) is 0 Å². The topological polar surface area (TPSA) is 58.2 Å². The van der Waals surface area contributed by atoms with Crippen LogP contribution in [0.25, 0.3) is 0 Å². The fourth-order valence-electron chi connectivity index (χ4n) is 1.27. The summed E-state index contributed by atoms with van der Waals surface area (Å²) in [4.78, 5) is 0. The molecule has 0 unspecified atom stereocenters. The zero-order valence-electron chi connectivity index (χ0n) is 9.63. The van der Waals surface area contributed by atoms with Crippen molar-refractivity contribution in [2.75, 3.05) is 19.3 Å². The van der Waals surface area contributed by atoms with Gasteiger partial charge in [0.25, 0.3) is 0 Å². The van der Waals surface area contributed by atoms with E-state index in [1.165, 1.54) is 0 Å². The summed E-state index contributed by atoms with van der Waals surface area (Å²) in [6.07, 6.45) is 1.03. The van der Waals surface area contributed by atoms with E-state index < -0.39 is 27.5 Å². The lowest BCUT2D eigenvalue weighted by Crippen LogP contribution is -2.30. The van der Waals surface area contributed by atoms with Crippen molar-refractivity contribution in [2.45, 2.75) is 6.54 Å². The molecule has 0 heterocycles. The highest BCUT2D eigenvalue weighted by atomic mass is 32.2. The Balaban J connectivity index is 2.41. The second-order valence-corrected chi connectivity index (χ2v) is 5.55. The van der Waals surface area contributed by atoms with Crippen molar-refractivity contribution < 1.29 is 21.6 Å². The summed E-state index contributed by atoms with van der Waals surface area (Å²) in [5, 5.41) is 2.77. The van der Waals surface area contributed by atoms with Crippen LogP contribution in [0.2, 0.25) is 0 Å². The normalized spacial score (nSPS) is 11.8. The molecule has 1 rings (SSSR count). The predicted molar refractivity (Wildman–Crippen MR) is 60.9 cm³/mol. The van der Waals surface area contributed by atoms with Crippen molar-refractivity contribution in [1.82, 2.24) is 10.0 Å². The molecule has 0 aliphatic heterocycles. The van der Waals surface area contributed by atoms with Gasteiger partial charge in [-0.1, -0.05) is 0 Å². The zero-order chi connectivity index (χ0) is 13.8. The van der Waals surface area contributed by atoms with E-state index in [4.69, 9.17) is 0 Å². The third kappa shape index (κ3) is 5.03. The third-order valence-corrected chi connectivity index (χ3v) is 2.77. The SMILES string of the molecule is CS(=O)(=O)NCCNCc1cc(F)c(F)c(F)c1. The van der Waals surface area contributed by atoms with Crippen LogP contribution >= 0.6 is 0 Å². The highest BCUT2D eigenvalue weighted by Gasteiger charge is 2.10. The molecule has 0 fully saturated rings. The molecule has 0 amide bonds. The summed E-state index contributed by atoms with van der Waals surface area (Å²) in [7, 11) is -3.25. The number of hydrogen-bond acceptors (Lipinski definition) is 3. The number of rotatable bonds is 6. The molecule has 4 nitrogen and oxygen atoms in total. The molecular formula is C10H13F3N2O2S. The van der Waals surface area contributed by atoms with Crippen LogP contribution < -0.4 is 10.0 Å². The molecule has 0 spiro atoms. The van der Waals surface area contributed by atoms with E-state index in [1.54, 1.807) is 0 Å². The fraction of sp³-hybridized carbons (Fsp3) is 0.400. The molecule has 0 aliphatic carbocycles. The van der Waals surface area contributed by atoms with Gasteiger partial charge in [-0.3, -0.25) is 0 Å². The van der Waals surface area contributed by atoms with Crippen molar-refractivity contribution in [3.8, 4) is 0 Å². The molecule has 102 valence electrons. The molecule has 0 atom stereocenters. The summed E-state index contributed by atoms with van der Waals surface area (Å²) in [6.45, 7) is 0.554. The molecule has 0 aliphatic rings. The van der Waals surface area contributed by atoms with Gasteiger partial charge < -0.3 is 5.32 Å². The second-order valence-electron chi connectivity index (χ2n) is 3.72. The van der Waals surface area contributed by atoms with E-state index in [9.17, 15) is 21.6 Å². The van der Waals surface area contributed by atoms with Gasteiger partial charge in [0, 0.05) is 19.6 Å². The summed E-state index contributed by atoms with van der Waals surface area (Å²) in [5.74, 6) is -4.00.